The second-order valence-electron chi connectivity index (χ2n) is 4.67. The third kappa shape index (κ3) is 4.40. The van der Waals surface area contributed by atoms with Crippen LogP contribution in [0.2, 0.25) is 0 Å². The van der Waals surface area contributed by atoms with Crippen molar-refractivity contribution in [2.24, 2.45) is 5.84 Å². The van der Waals surface area contributed by atoms with Crippen LogP contribution in [-0.4, -0.2) is 54.3 Å². The maximum atomic E-state index is 5.48. The number of hydrogen-bond donors (Lipinski definition) is 2. The minimum absolute atomic E-state index is 0.164. The SMILES string of the molecule is CCN(CC)c1nc(NN)nc(N(CC)C(C)COC)n1. The monoisotopic (exact) mass is 297 g/mol. The van der Waals surface area contributed by atoms with Gasteiger partial charge in [0.05, 0.1) is 12.6 Å². The Morgan fingerprint density at radius 3 is 2.19 bits per heavy atom. The van der Waals surface area contributed by atoms with Crippen LogP contribution in [0.25, 0.3) is 0 Å². The Bertz CT molecular complexity index is 425. The standard InChI is InChI=1S/C13H27N7O/c1-6-19(7-2)12-15-11(18-14)16-13(17-12)20(8-3)10(4)9-21-5/h10H,6-9,14H2,1-5H3,(H,15,16,17,18). The predicted molar refractivity (Wildman–Crippen MR) is 85.6 cm³/mol. The maximum Gasteiger partial charge on any atom is 0.243 e. The number of aromatic nitrogens is 3. The molecule has 3 N–H and O–H groups in total. The largest absolute Gasteiger partial charge is 0.383 e. The fraction of sp³-hybridized carbons (Fsp3) is 0.769. The molecule has 1 aromatic rings. The molecular formula is C13H27N7O. The van der Waals surface area contributed by atoms with E-state index in [0.717, 1.165) is 19.6 Å². The minimum Gasteiger partial charge on any atom is -0.383 e. The number of likely N-dealkylation sites (N-methyl/N-ethyl adjacent to an activating group) is 1. The van der Waals surface area contributed by atoms with Crippen molar-refractivity contribution < 1.29 is 4.74 Å². The van der Waals surface area contributed by atoms with Crippen molar-refractivity contribution in [2.75, 3.05) is 48.6 Å². The molecule has 8 nitrogen and oxygen atoms in total. The molecule has 1 atom stereocenters. The topological polar surface area (TPSA) is 92.4 Å². The molecule has 8 heteroatoms. The molecule has 0 aliphatic carbocycles. The number of nitrogen functional groups attached to an aromatic ring is 1. The summed E-state index contributed by atoms with van der Waals surface area (Å²) < 4.78 is 5.22. The highest BCUT2D eigenvalue weighted by molar-refractivity contribution is 5.45. The van der Waals surface area contributed by atoms with Gasteiger partial charge in [0.25, 0.3) is 0 Å². The lowest BCUT2D eigenvalue weighted by molar-refractivity contribution is 0.181. The molecule has 0 saturated carbocycles. The zero-order valence-electron chi connectivity index (χ0n) is 13.6. The summed E-state index contributed by atoms with van der Waals surface area (Å²) in [6.45, 7) is 11.3. The number of anilines is 3. The molecule has 0 fully saturated rings. The van der Waals surface area contributed by atoms with E-state index >= 15 is 0 Å². The van der Waals surface area contributed by atoms with Crippen molar-refractivity contribution in [1.29, 1.82) is 0 Å². The highest BCUT2D eigenvalue weighted by Gasteiger charge is 2.19. The smallest absolute Gasteiger partial charge is 0.243 e. The number of nitrogens with zero attached hydrogens (tertiary/aromatic N) is 5. The van der Waals surface area contributed by atoms with Gasteiger partial charge in [0.1, 0.15) is 0 Å². The summed E-state index contributed by atoms with van der Waals surface area (Å²) in [5.41, 5.74) is 2.51. The average Bonchev–Trinajstić information content (AvgIpc) is 2.49. The maximum absolute atomic E-state index is 5.48. The van der Waals surface area contributed by atoms with Gasteiger partial charge in [-0.3, -0.25) is 5.43 Å². The summed E-state index contributed by atoms with van der Waals surface area (Å²) in [4.78, 5) is 17.4. The summed E-state index contributed by atoms with van der Waals surface area (Å²) in [5, 5.41) is 0. The molecule has 21 heavy (non-hydrogen) atoms. The van der Waals surface area contributed by atoms with Gasteiger partial charge in [-0.2, -0.15) is 15.0 Å². The molecule has 1 unspecified atom stereocenters. The van der Waals surface area contributed by atoms with Crippen LogP contribution in [0.15, 0.2) is 0 Å². The fourth-order valence-corrected chi connectivity index (χ4v) is 2.18. The number of hydrogen-bond acceptors (Lipinski definition) is 8. The molecule has 1 rings (SSSR count). The molecule has 0 aromatic carbocycles. The van der Waals surface area contributed by atoms with Crippen LogP contribution in [0, 0.1) is 0 Å². The lowest BCUT2D eigenvalue weighted by Crippen LogP contribution is -2.38. The quantitative estimate of drug-likeness (QED) is 0.512. The molecule has 0 saturated heterocycles. The first kappa shape index (κ1) is 17.4. The van der Waals surface area contributed by atoms with Crippen molar-refractivity contribution >= 4 is 17.8 Å². The molecule has 1 aromatic heterocycles. The molecule has 0 aliphatic heterocycles. The zero-order valence-corrected chi connectivity index (χ0v) is 13.6. The number of nitrogens with two attached hydrogens (primary N) is 1. The second-order valence-corrected chi connectivity index (χ2v) is 4.67. The number of ether oxygens (including phenoxy) is 1. The van der Waals surface area contributed by atoms with E-state index in [9.17, 15) is 0 Å². The van der Waals surface area contributed by atoms with Gasteiger partial charge in [-0.1, -0.05) is 0 Å². The van der Waals surface area contributed by atoms with Crippen LogP contribution in [0.1, 0.15) is 27.7 Å². The van der Waals surface area contributed by atoms with Crippen molar-refractivity contribution in [3.8, 4) is 0 Å². The van der Waals surface area contributed by atoms with Gasteiger partial charge in [-0.05, 0) is 27.7 Å². The number of methoxy groups -OCH3 is 1. The van der Waals surface area contributed by atoms with E-state index in [0.29, 0.717) is 24.5 Å². The molecule has 1 heterocycles. The Kier molecular flexibility index (Phi) is 7.10. The molecule has 0 amide bonds. The van der Waals surface area contributed by atoms with Gasteiger partial charge >= 0.3 is 0 Å². The van der Waals surface area contributed by atoms with Gasteiger partial charge < -0.3 is 14.5 Å². The van der Waals surface area contributed by atoms with Crippen LogP contribution in [0.4, 0.5) is 17.8 Å². The second kappa shape index (κ2) is 8.58. The number of rotatable bonds is 9. The summed E-state index contributed by atoms with van der Waals surface area (Å²) in [6, 6.07) is 0.164. The Morgan fingerprint density at radius 1 is 1.10 bits per heavy atom. The first-order valence-corrected chi connectivity index (χ1v) is 7.34. The highest BCUT2D eigenvalue weighted by atomic mass is 16.5. The summed E-state index contributed by atoms with van der Waals surface area (Å²) in [7, 11) is 1.69. The van der Waals surface area contributed by atoms with Crippen LogP contribution >= 0.6 is 0 Å². The van der Waals surface area contributed by atoms with E-state index in [4.69, 9.17) is 10.6 Å². The van der Waals surface area contributed by atoms with Crippen LogP contribution in [0.3, 0.4) is 0 Å². The van der Waals surface area contributed by atoms with E-state index in [-0.39, 0.29) is 6.04 Å². The lowest BCUT2D eigenvalue weighted by Gasteiger charge is -2.28. The van der Waals surface area contributed by atoms with Crippen molar-refractivity contribution in [2.45, 2.75) is 33.7 Å². The van der Waals surface area contributed by atoms with Crippen molar-refractivity contribution in [3.63, 3.8) is 0 Å². The van der Waals surface area contributed by atoms with Crippen LogP contribution in [0.5, 0.6) is 0 Å². The Balaban J connectivity index is 3.17. The molecule has 0 aliphatic rings. The van der Waals surface area contributed by atoms with E-state index in [2.05, 4.69) is 57.9 Å². The van der Waals surface area contributed by atoms with Crippen LogP contribution < -0.4 is 21.1 Å². The van der Waals surface area contributed by atoms with Gasteiger partial charge in [0.15, 0.2) is 0 Å². The summed E-state index contributed by atoms with van der Waals surface area (Å²) in [5.74, 6) is 7.08. The zero-order chi connectivity index (χ0) is 15.8. The summed E-state index contributed by atoms with van der Waals surface area (Å²) in [6.07, 6.45) is 0. The van der Waals surface area contributed by atoms with E-state index < -0.39 is 0 Å². The predicted octanol–water partition coefficient (Wildman–Crippen LogP) is 0.865. The van der Waals surface area contributed by atoms with Gasteiger partial charge in [-0.25, -0.2) is 5.84 Å². The van der Waals surface area contributed by atoms with E-state index in [1.54, 1.807) is 7.11 Å². The Hall–Kier alpha value is -1.67. The van der Waals surface area contributed by atoms with Crippen LogP contribution in [-0.2, 0) is 4.74 Å². The molecule has 120 valence electrons. The lowest BCUT2D eigenvalue weighted by atomic mass is 10.3. The molecule has 0 bridgehead atoms. The molecule has 0 spiro atoms. The third-order valence-electron chi connectivity index (χ3n) is 3.32. The first-order chi connectivity index (χ1) is 10.1. The van der Waals surface area contributed by atoms with E-state index in [1.165, 1.54) is 0 Å². The van der Waals surface area contributed by atoms with Crippen molar-refractivity contribution in [3.05, 3.63) is 0 Å². The normalized spacial score (nSPS) is 12.1. The number of hydrazine groups is 1. The molecular weight excluding hydrogens is 270 g/mol. The number of nitrogens with one attached hydrogen (secondary N) is 1. The Morgan fingerprint density at radius 2 is 1.71 bits per heavy atom. The average molecular weight is 297 g/mol. The highest BCUT2D eigenvalue weighted by Crippen LogP contribution is 2.18. The van der Waals surface area contributed by atoms with E-state index in [1.807, 2.05) is 0 Å². The first-order valence-electron chi connectivity index (χ1n) is 7.34. The third-order valence-corrected chi connectivity index (χ3v) is 3.32. The van der Waals surface area contributed by atoms with Gasteiger partial charge in [0.2, 0.25) is 17.8 Å². The van der Waals surface area contributed by atoms with Gasteiger partial charge in [0, 0.05) is 26.7 Å². The fourth-order valence-electron chi connectivity index (χ4n) is 2.18. The molecule has 0 radical (unpaired) electrons. The minimum atomic E-state index is 0.164. The van der Waals surface area contributed by atoms with Gasteiger partial charge in [-0.15, -0.1) is 0 Å². The summed E-state index contributed by atoms with van der Waals surface area (Å²) >= 11 is 0. The van der Waals surface area contributed by atoms with Crippen molar-refractivity contribution in [1.82, 2.24) is 15.0 Å². The Labute approximate surface area is 126 Å².